The van der Waals surface area contributed by atoms with Gasteiger partial charge >= 0.3 is 0 Å². The van der Waals surface area contributed by atoms with E-state index in [2.05, 4.69) is 0 Å². The highest BCUT2D eigenvalue weighted by atomic mass is 16.5. The van der Waals surface area contributed by atoms with Gasteiger partial charge in [0, 0.05) is 12.1 Å². The minimum Gasteiger partial charge on any atom is -0.496 e. The molecule has 0 aromatic heterocycles. The highest BCUT2D eigenvalue weighted by Gasteiger charge is 2.11. The molecule has 0 aliphatic heterocycles. The Bertz CT molecular complexity index is 343. The molecule has 0 fully saturated rings. The highest BCUT2D eigenvalue weighted by molar-refractivity contribution is 5.56. The molecule has 4 heteroatoms. The second kappa shape index (κ2) is 4.38. The molecule has 0 aliphatic carbocycles. The Morgan fingerprint density at radius 2 is 1.50 bits per heavy atom. The average molecular weight is 192 g/mol. The van der Waals surface area contributed by atoms with Crippen molar-refractivity contribution < 1.29 is 14.2 Å². The molecule has 0 saturated heterocycles. The zero-order chi connectivity index (χ0) is 10.6. The number of methoxy groups -OCH3 is 3. The summed E-state index contributed by atoms with van der Waals surface area (Å²) < 4.78 is 15.1. The molecule has 0 bridgehead atoms. The Morgan fingerprint density at radius 3 is 1.79 bits per heavy atom. The molecule has 0 atom stereocenters. The van der Waals surface area contributed by atoms with Crippen LogP contribution in [0.15, 0.2) is 12.1 Å². The molecule has 74 valence electrons. The first-order valence-electron chi connectivity index (χ1n) is 3.97. The molecule has 1 aromatic carbocycles. The zero-order valence-corrected chi connectivity index (χ0v) is 8.33. The second-order valence-electron chi connectivity index (χ2n) is 2.52. The molecule has 1 aromatic rings. The lowest BCUT2D eigenvalue weighted by molar-refractivity contribution is 0.373. The molecule has 0 heterocycles. The Morgan fingerprint density at radius 1 is 1.00 bits per heavy atom. The molecule has 0 unspecified atom stereocenters. The van der Waals surface area contributed by atoms with Crippen molar-refractivity contribution in [2.24, 2.45) is 0 Å². The molecular weight excluding hydrogens is 181 g/mol. The van der Waals surface area contributed by atoms with E-state index in [4.69, 9.17) is 19.5 Å². The maximum Gasteiger partial charge on any atom is 0.144 e. The highest BCUT2D eigenvalue weighted by Crippen LogP contribution is 2.32. The van der Waals surface area contributed by atoms with Crippen LogP contribution in [0.2, 0.25) is 0 Å². The van der Waals surface area contributed by atoms with Crippen molar-refractivity contribution in [3.05, 3.63) is 17.7 Å². The lowest BCUT2D eigenvalue weighted by atomic mass is 9.98. The third kappa shape index (κ3) is 1.72. The average Bonchev–Trinajstić information content (AvgIpc) is 2.26. The fraction of sp³-hybridized carbons (Fsp3) is 0.300. The molecule has 0 N–H and O–H groups in total. The Kier molecular flexibility index (Phi) is 3.19. The van der Waals surface area contributed by atoms with Crippen molar-refractivity contribution in [3.63, 3.8) is 0 Å². The van der Waals surface area contributed by atoms with Crippen LogP contribution in [0, 0.1) is 11.3 Å². The molecule has 0 saturated carbocycles. The molecule has 0 amide bonds. The van der Waals surface area contributed by atoms with Crippen LogP contribution < -0.4 is 14.2 Å². The normalized spacial score (nSPS) is 9.00. The minimum atomic E-state index is 0.371. The predicted molar refractivity (Wildman–Crippen MR) is 50.8 cm³/mol. The van der Waals surface area contributed by atoms with E-state index in [1.54, 1.807) is 19.2 Å². The number of nitriles is 1. The maximum absolute atomic E-state index is 8.87. The van der Waals surface area contributed by atoms with Crippen molar-refractivity contribution >= 4 is 0 Å². The van der Waals surface area contributed by atoms with Gasteiger partial charge in [-0.2, -0.15) is 5.26 Å². The van der Waals surface area contributed by atoms with Crippen LogP contribution >= 0.6 is 0 Å². The summed E-state index contributed by atoms with van der Waals surface area (Å²) in [7, 11) is 4.53. The summed E-state index contributed by atoms with van der Waals surface area (Å²) >= 11 is 0. The van der Waals surface area contributed by atoms with Crippen LogP contribution in [0.3, 0.4) is 0 Å². The number of hydrogen-bond donors (Lipinski definition) is 0. The first kappa shape index (κ1) is 10.2. The molecule has 0 aliphatic rings. The largest absolute Gasteiger partial charge is 0.496 e. The van der Waals surface area contributed by atoms with E-state index in [1.807, 2.05) is 6.07 Å². The first-order chi connectivity index (χ1) is 6.76. The number of rotatable bonds is 3. The van der Waals surface area contributed by atoms with Gasteiger partial charge in [0.1, 0.15) is 28.9 Å². The van der Waals surface area contributed by atoms with E-state index < -0.39 is 0 Å². The summed E-state index contributed by atoms with van der Waals surface area (Å²) in [6, 6.07) is 5.29. The summed E-state index contributed by atoms with van der Waals surface area (Å²) in [5.41, 5.74) is 0.371. The molecule has 0 radical (unpaired) electrons. The second-order valence-corrected chi connectivity index (χ2v) is 2.52. The van der Waals surface area contributed by atoms with E-state index in [1.165, 1.54) is 14.2 Å². The zero-order valence-electron chi connectivity index (χ0n) is 8.33. The predicted octanol–water partition coefficient (Wildman–Crippen LogP) is 1.58. The number of hydrogen-bond acceptors (Lipinski definition) is 4. The SMILES string of the molecule is COc1cc(OC)c([11C]#N)c(OC)c1. The van der Waals surface area contributed by atoms with Crippen molar-refractivity contribution in [2.45, 2.75) is 0 Å². The Labute approximate surface area is 82.6 Å². The van der Waals surface area contributed by atoms with Gasteiger partial charge in [0.2, 0.25) is 0 Å². The van der Waals surface area contributed by atoms with E-state index in [9.17, 15) is 0 Å². The molecule has 14 heavy (non-hydrogen) atoms. The summed E-state index contributed by atoms with van der Waals surface area (Å²) in [6.07, 6.45) is 0. The third-order valence-corrected chi connectivity index (χ3v) is 1.83. The van der Waals surface area contributed by atoms with Crippen molar-refractivity contribution in [1.29, 1.82) is 5.26 Å². The van der Waals surface area contributed by atoms with Crippen molar-refractivity contribution in [1.82, 2.24) is 0 Å². The van der Waals surface area contributed by atoms with Gasteiger partial charge in [-0.15, -0.1) is 0 Å². The topological polar surface area (TPSA) is 51.5 Å². The fourth-order valence-electron chi connectivity index (χ4n) is 1.12. The minimum absolute atomic E-state index is 0.371. The van der Waals surface area contributed by atoms with E-state index in [0.29, 0.717) is 22.8 Å². The van der Waals surface area contributed by atoms with Gasteiger partial charge in [-0.05, 0) is 0 Å². The third-order valence-electron chi connectivity index (χ3n) is 1.83. The van der Waals surface area contributed by atoms with Gasteiger partial charge in [-0.3, -0.25) is 0 Å². The van der Waals surface area contributed by atoms with Gasteiger partial charge in [0.05, 0.1) is 21.3 Å². The monoisotopic (exact) mass is 192 g/mol. The van der Waals surface area contributed by atoms with Crippen molar-refractivity contribution in [2.75, 3.05) is 21.3 Å². The molecule has 0 spiro atoms. The number of benzene rings is 1. The summed E-state index contributed by atoms with van der Waals surface area (Å²) in [6.45, 7) is 0. The molecule has 1 rings (SSSR count). The van der Waals surface area contributed by atoms with E-state index >= 15 is 0 Å². The Balaban J connectivity index is 3.34. The fourth-order valence-corrected chi connectivity index (χ4v) is 1.12. The molecular formula is C10H11NO3. The van der Waals surface area contributed by atoms with Gasteiger partial charge in [-0.1, -0.05) is 0 Å². The van der Waals surface area contributed by atoms with Crippen LogP contribution in [-0.2, 0) is 0 Å². The first-order valence-corrected chi connectivity index (χ1v) is 3.97. The van der Waals surface area contributed by atoms with Crippen LogP contribution in [0.1, 0.15) is 5.56 Å². The summed E-state index contributed by atoms with van der Waals surface area (Å²) in [5.74, 6) is 1.49. The Hall–Kier alpha value is -1.89. The van der Waals surface area contributed by atoms with Crippen LogP contribution in [-0.4, -0.2) is 21.3 Å². The van der Waals surface area contributed by atoms with Crippen molar-refractivity contribution in [3.8, 4) is 23.3 Å². The number of ether oxygens (including phenoxy) is 3. The van der Waals surface area contributed by atoms with Crippen LogP contribution in [0.5, 0.6) is 17.2 Å². The van der Waals surface area contributed by atoms with Crippen LogP contribution in [0.4, 0.5) is 0 Å². The summed E-state index contributed by atoms with van der Waals surface area (Å²) in [4.78, 5) is 0. The van der Waals surface area contributed by atoms with Gasteiger partial charge < -0.3 is 14.2 Å². The maximum atomic E-state index is 8.87. The van der Waals surface area contributed by atoms with E-state index in [0.717, 1.165) is 0 Å². The lowest BCUT2D eigenvalue weighted by Crippen LogP contribution is -1.95. The van der Waals surface area contributed by atoms with Gasteiger partial charge in [0.25, 0.3) is 0 Å². The van der Waals surface area contributed by atoms with Gasteiger partial charge in [0.15, 0.2) is 0 Å². The van der Waals surface area contributed by atoms with E-state index in [-0.39, 0.29) is 0 Å². The van der Waals surface area contributed by atoms with Gasteiger partial charge in [-0.25, -0.2) is 0 Å². The quantitative estimate of drug-likeness (QED) is 0.729. The number of nitrogens with zero attached hydrogens (tertiary/aromatic N) is 1. The standard InChI is InChI=1S/C10H11NO3/c1-12-7-4-9(13-2)8(6-11)10(5-7)14-3/h4-5H,1-3H3/i6-1. The van der Waals surface area contributed by atoms with Crippen LogP contribution in [0.25, 0.3) is 0 Å². The molecule has 4 nitrogen and oxygen atoms in total. The smallest absolute Gasteiger partial charge is 0.144 e. The lowest BCUT2D eigenvalue weighted by Gasteiger charge is -2.09. The summed E-state index contributed by atoms with van der Waals surface area (Å²) in [5, 5.41) is 8.87.